The molecular formula is C10H13BrN2O3. The Morgan fingerprint density at radius 3 is 2.81 bits per heavy atom. The molecule has 16 heavy (non-hydrogen) atoms. The predicted octanol–water partition coefficient (Wildman–Crippen LogP) is 3.12. The number of rotatable bonds is 5. The van der Waals surface area contributed by atoms with Crippen LogP contribution in [-0.2, 0) is 0 Å². The second kappa shape index (κ2) is 5.69. The Morgan fingerprint density at radius 1 is 1.56 bits per heavy atom. The number of unbranched alkanes of at least 4 members (excludes halogenated alkanes) is 1. The first-order valence-electron chi connectivity index (χ1n) is 4.92. The SMILES string of the molecule is CCCCOc1cc(Br)cc([N+](=O)[O-])c1N. The normalized spacial score (nSPS) is 10.1. The van der Waals surface area contributed by atoms with E-state index in [1.165, 1.54) is 6.07 Å². The van der Waals surface area contributed by atoms with Gasteiger partial charge in [-0.25, -0.2) is 0 Å². The van der Waals surface area contributed by atoms with Gasteiger partial charge in [0.1, 0.15) is 5.75 Å². The molecular weight excluding hydrogens is 276 g/mol. The standard InChI is InChI=1S/C10H13BrN2O3/c1-2-3-4-16-9-6-7(11)5-8(10(9)12)13(14)15/h5-6H,2-4,12H2,1H3. The fourth-order valence-corrected chi connectivity index (χ4v) is 1.60. The van der Waals surface area contributed by atoms with Gasteiger partial charge in [0.25, 0.3) is 5.69 Å². The molecule has 1 aromatic carbocycles. The molecule has 0 saturated carbocycles. The van der Waals surface area contributed by atoms with Gasteiger partial charge in [-0.15, -0.1) is 0 Å². The van der Waals surface area contributed by atoms with E-state index >= 15 is 0 Å². The minimum Gasteiger partial charge on any atom is -0.491 e. The van der Waals surface area contributed by atoms with Crippen molar-refractivity contribution in [2.75, 3.05) is 12.3 Å². The lowest BCUT2D eigenvalue weighted by molar-refractivity contribution is -0.384. The van der Waals surface area contributed by atoms with Gasteiger partial charge >= 0.3 is 0 Å². The summed E-state index contributed by atoms with van der Waals surface area (Å²) in [5.41, 5.74) is 5.58. The number of anilines is 1. The highest BCUT2D eigenvalue weighted by molar-refractivity contribution is 9.10. The van der Waals surface area contributed by atoms with Gasteiger partial charge in [0.05, 0.1) is 11.5 Å². The second-order valence-electron chi connectivity index (χ2n) is 3.30. The first-order chi connectivity index (χ1) is 7.56. The first kappa shape index (κ1) is 12.8. The van der Waals surface area contributed by atoms with Crippen molar-refractivity contribution in [1.29, 1.82) is 0 Å². The third-order valence-electron chi connectivity index (χ3n) is 2.04. The molecule has 6 heteroatoms. The molecule has 88 valence electrons. The van der Waals surface area contributed by atoms with E-state index < -0.39 is 4.92 Å². The number of nitro groups is 1. The van der Waals surface area contributed by atoms with Crippen LogP contribution in [0.2, 0.25) is 0 Å². The molecule has 0 spiro atoms. The van der Waals surface area contributed by atoms with Gasteiger partial charge in [-0.1, -0.05) is 29.3 Å². The fourth-order valence-electron chi connectivity index (χ4n) is 1.18. The molecule has 0 aliphatic heterocycles. The van der Waals surface area contributed by atoms with E-state index in [4.69, 9.17) is 10.5 Å². The van der Waals surface area contributed by atoms with Gasteiger partial charge < -0.3 is 10.5 Å². The maximum absolute atomic E-state index is 10.7. The third kappa shape index (κ3) is 3.10. The topological polar surface area (TPSA) is 78.4 Å². The lowest BCUT2D eigenvalue weighted by atomic mass is 10.2. The van der Waals surface area contributed by atoms with Gasteiger partial charge in [0.15, 0.2) is 5.69 Å². The number of nitrogen functional groups attached to an aromatic ring is 1. The number of halogens is 1. The van der Waals surface area contributed by atoms with Crippen LogP contribution in [-0.4, -0.2) is 11.5 Å². The molecule has 1 aromatic rings. The van der Waals surface area contributed by atoms with Gasteiger partial charge in [0, 0.05) is 10.5 Å². The van der Waals surface area contributed by atoms with Crippen LogP contribution in [0.5, 0.6) is 5.75 Å². The molecule has 0 fully saturated rings. The summed E-state index contributed by atoms with van der Waals surface area (Å²) in [6, 6.07) is 3.00. The summed E-state index contributed by atoms with van der Waals surface area (Å²) in [6.07, 6.45) is 1.88. The molecule has 0 heterocycles. The first-order valence-corrected chi connectivity index (χ1v) is 5.71. The number of benzene rings is 1. The largest absolute Gasteiger partial charge is 0.491 e. The zero-order valence-corrected chi connectivity index (χ0v) is 10.5. The zero-order valence-electron chi connectivity index (χ0n) is 8.90. The van der Waals surface area contributed by atoms with Crippen molar-refractivity contribution in [2.24, 2.45) is 0 Å². The van der Waals surface area contributed by atoms with Crippen LogP contribution < -0.4 is 10.5 Å². The van der Waals surface area contributed by atoms with E-state index in [1.807, 2.05) is 6.92 Å². The van der Waals surface area contributed by atoms with Crippen molar-refractivity contribution in [1.82, 2.24) is 0 Å². The molecule has 0 unspecified atom stereocenters. The second-order valence-corrected chi connectivity index (χ2v) is 4.21. The molecule has 0 bridgehead atoms. The molecule has 0 saturated heterocycles. The van der Waals surface area contributed by atoms with Crippen molar-refractivity contribution in [2.45, 2.75) is 19.8 Å². The minimum absolute atomic E-state index is 0.0734. The Morgan fingerprint density at radius 2 is 2.25 bits per heavy atom. The van der Waals surface area contributed by atoms with Crippen molar-refractivity contribution in [3.8, 4) is 5.75 Å². The van der Waals surface area contributed by atoms with Crippen LogP contribution in [0.1, 0.15) is 19.8 Å². The number of hydrogen-bond donors (Lipinski definition) is 1. The van der Waals surface area contributed by atoms with E-state index in [1.54, 1.807) is 6.07 Å². The Hall–Kier alpha value is -1.30. The average molecular weight is 289 g/mol. The van der Waals surface area contributed by atoms with E-state index in [9.17, 15) is 10.1 Å². The quantitative estimate of drug-likeness (QED) is 0.391. The summed E-state index contributed by atoms with van der Waals surface area (Å²) in [4.78, 5) is 10.2. The van der Waals surface area contributed by atoms with Crippen molar-refractivity contribution in [3.63, 3.8) is 0 Å². The Balaban J connectivity index is 2.95. The summed E-state index contributed by atoms with van der Waals surface area (Å²) in [5.74, 6) is 0.356. The van der Waals surface area contributed by atoms with Crippen LogP contribution in [0.15, 0.2) is 16.6 Å². The van der Waals surface area contributed by atoms with Crippen molar-refractivity contribution >= 4 is 27.3 Å². The summed E-state index contributed by atoms with van der Waals surface area (Å²) < 4.78 is 5.97. The van der Waals surface area contributed by atoms with Gasteiger partial charge in [0.2, 0.25) is 0 Å². The number of nitrogens with two attached hydrogens (primary N) is 1. The molecule has 0 aromatic heterocycles. The smallest absolute Gasteiger partial charge is 0.297 e. The summed E-state index contributed by atoms with van der Waals surface area (Å²) in [5, 5.41) is 10.7. The maximum atomic E-state index is 10.7. The predicted molar refractivity (Wildman–Crippen MR) is 65.6 cm³/mol. The Kier molecular flexibility index (Phi) is 4.54. The molecule has 5 nitrogen and oxygen atoms in total. The average Bonchev–Trinajstić information content (AvgIpc) is 2.22. The number of hydrogen-bond acceptors (Lipinski definition) is 4. The maximum Gasteiger partial charge on any atom is 0.297 e. The van der Waals surface area contributed by atoms with Gasteiger partial charge in [-0.2, -0.15) is 0 Å². The molecule has 2 N–H and O–H groups in total. The Labute approximate surface area is 102 Å². The van der Waals surface area contributed by atoms with Crippen molar-refractivity contribution in [3.05, 3.63) is 26.7 Å². The minimum atomic E-state index is -0.521. The third-order valence-corrected chi connectivity index (χ3v) is 2.49. The molecule has 0 atom stereocenters. The summed E-state index contributed by atoms with van der Waals surface area (Å²) >= 11 is 3.18. The highest BCUT2D eigenvalue weighted by Crippen LogP contribution is 2.35. The zero-order chi connectivity index (χ0) is 12.1. The van der Waals surface area contributed by atoms with Crippen LogP contribution in [0.3, 0.4) is 0 Å². The van der Waals surface area contributed by atoms with Crippen molar-refractivity contribution < 1.29 is 9.66 Å². The fraction of sp³-hybridized carbons (Fsp3) is 0.400. The van der Waals surface area contributed by atoms with Crippen LogP contribution in [0, 0.1) is 10.1 Å². The van der Waals surface area contributed by atoms with Crippen LogP contribution >= 0.6 is 15.9 Å². The molecule has 0 aliphatic rings. The lowest BCUT2D eigenvalue weighted by Gasteiger charge is -2.09. The highest BCUT2D eigenvalue weighted by atomic mass is 79.9. The monoisotopic (exact) mass is 288 g/mol. The molecule has 0 radical (unpaired) electrons. The van der Waals surface area contributed by atoms with Gasteiger partial charge in [-0.3, -0.25) is 10.1 Å². The lowest BCUT2D eigenvalue weighted by Crippen LogP contribution is -2.03. The molecule has 0 amide bonds. The summed E-state index contributed by atoms with van der Waals surface area (Å²) in [7, 11) is 0. The summed E-state index contributed by atoms with van der Waals surface area (Å²) in [6.45, 7) is 2.55. The van der Waals surface area contributed by atoms with Crippen LogP contribution in [0.4, 0.5) is 11.4 Å². The van der Waals surface area contributed by atoms with E-state index in [2.05, 4.69) is 15.9 Å². The molecule has 1 rings (SSSR count). The van der Waals surface area contributed by atoms with E-state index in [0.29, 0.717) is 16.8 Å². The van der Waals surface area contributed by atoms with Crippen LogP contribution in [0.25, 0.3) is 0 Å². The Bertz CT molecular complexity index is 396. The number of ether oxygens (including phenoxy) is 1. The number of nitrogens with zero attached hydrogens (tertiary/aromatic N) is 1. The number of nitro benzene ring substituents is 1. The highest BCUT2D eigenvalue weighted by Gasteiger charge is 2.17. The van der Waals surface area contributed by atoms with E-state index in [0.717, 1.165) is 12.8 Å². The van der Waals surface area contributed by atoms with Gasteiger partial charge in [-0.05, 0) is 12.5 Å². The van der Waals surface area contributed by atoms with E-state index in [-0.39, 0.29) is 11.4 Å². The molecule has 0 aliphatic carbocycles.